The Hall–Kier alpha value is -2.12. The highest BCUT2D eigenvalue weighted by Crippen LogP contribution is 2.00. The number of H-pyrrole nitrogens is 1. The minimum absolute atomic E-state index is 0.259. The van der Waals surface area contributed by atoms with Crippen molar-refractivity contribution >= 4 is 12.0 Å². The molecule has 0 spiro atoms. The number of nitrogens with zero attached hydrogens (tertiary/aromatic N) is 4. The number of nitrogens with one attached hydrogen (secondary N) is 1. The van der Waals surface area contributed by atoms with Crippen LogP contribution in [0.5, 0.6) is 0 Å². The number of likely N-dealkylation sites (N-methyl/N-ethyl adjacent to an activating group) is 1. The number of carbonyl (C=O) groups is 2. The molecule has 0 aliphatic carbocycles. The highest BCUT2D eigenvalue weighted by atomic mass is 16.4. The monoisotopic (exact) mass is 241 g/mol. The summed E-state index contributed by atoms with van der Waals surface area (Å²) in [6, 6.07) is -0.355. The Morgan fingerprint density at radius 2 is 2.24 bits per heavy atom. The van der Waals surface area contributed by atoms with Gasteiger partial charge in [0.2, 0.25) is 0 Å². The number of carbonyl (C=O) groups excluding carboxylic acids is 1. The molecule has 0 fully saturated rings. The fourth-order valence-electron chi connectivity index (χ4n) is 1.32. The van der Waals surface area contributed by atoms with Gasteiger partial charge in [-0.05, 0) is 6.92 Å². The molecule has 8 nitrogen and oxygen atoms in total. The van der Waals surface area contributed by atoms with E-state index < -0.39 is 5.97 Å². The zero-order valence-corrected chi connectivity index (χ0v) is 9.75. The van der Waals surface area contributed by atoms with E-state index in [1.165, 1.54) is 16.1 Å². The number of aromatic nitrogens is 3. The van der Waals surface area contributed by atoms with Crippen molar-refractivity contribution in [1.29, 1.82) is 0 Å². The lowest BCUT2D eigenvalue weighted by molar-refractivity contribution is -0.137. The zero-order chi connectivity index (χ0) is 12.8. The van der Waals surface area contributed by atoms with E-state index in [-0.39, 0.29) is 19.1 Å². The summed E-state index contributed by atoms with van der Waals surface area (Å²) < 4.78 is 0. The molecule has 1 rings (SSSR count). The van der Waals surface area contributed by atoms with Crippen molar-refractivity contribution in [2.45, 2.75) is 13.5 Å². The standard InChI is InChI=1S/C9H15N5O3/c1-3-14(5-8(15)16)9(17)13(2)4-7-10-6-11-12-7/h6H,3-5H2,1-2H3,(H,15,16)(H,10,11,12). The maximum atomic E-state index is 11.9. The van der Waals surface area contributed by atoms with E-state index in [9.17, 15) is 9.59 Å². The molecule has 1 heterocycles. The van der Waals surface area contributed by atoms with Crippen LogP contribution in [0.3, 0.4) is 0 Å². The molecule has 1 aromatic heterocycles. The van der Waals surface area contributed by atoms with Gasteiger partial charge in [0.15, 0.2) is 0 Å². The molecule has 0 aromatic carbocycles. The molecule has 0 atom stereocenters. The molecule has 8 heteroatoms. The van der Waals surface area contributed by atoms with Gasteiger partial charge in [0.25, 0.3) is 0 Å². The molecule has 0 aliphatic rings. The fourth-order valence-corrected chi connectivity index (χ4v) is 1.32. The summed E-state index contributed by atoms with van der Waals surface area (Å²) in [5, 5.41) is 15.0. The van der Waals surface area contributed by atoms with Crippen molar-refractivity contribution in [3.8, 4) is 0 Å². The smallest absolute Gasteiger partial charge is 0.323 e. The second-order valence-electron chi connectivity index (χ2n) is 3.48. The number of carboxylic acids is 1. The number of amides is 2. The van der Waals surface area contributed by atoms with E-state index in [2.05, 4.69) is 15.2 Å². The van der Waals surface area contributed by atoms with Crippen molar-refractivity contribution in [1.82, 2.24) is 25.0 Å². The average molecular weight is 241 g/mol. The van der Waals surface area contributed by atoms with Crippen LogP contribution in [0.1, 0.15) is 12.7 Å². The maximum absolute atomic E-state index is 11.9. The summed E-state index contributed by atoms with van der Waals surface area (Å²) in [5.74, 6) is -0.486. The number of aromatic amines is 1. The molecule has 0 radical (unpaired) electrons. The molecule has 0 bridgehead atoms. The van der Waals surface area contributed by atoms with Gasteiger partial charge in [-0.15, -0.1) is 0 Å². The van der Waals surface area contributed by atoms with E-state index in [4.69, 9.17) is 5.11 Å². The third-order valence-electron chi connectivity index (χ3n) is 2.16. The Labute approximate surface area is 98.2 Å². The third-order valence-corrected chi connectivity index (χ3v) is 2.16. The summed E-state index contributed by atoms with van der Waals surface area (Å²) in [6.45, 7) is 2.01. The van der Waals surface area contributed by atoms with Crippen LogP contribution in [0.15, 0.2) is 6.33 Å². The fraction of sp³-hybridized carbons (Fsp3) is 0.556. The van der Waals surface area contributed by atoms with Crippen LogP contribution in [0.2, 0.25) is 0 Å². The predicted octanol–water partition coefficient (Wildman–Crippen LogP) is -0.237. The molecule has 2 amide bonds. The lowest BCUT2D eigenvalue weighted by Gasteiger charge is -2.25. The molecular weight excluding hydrogens is 226 g/mol. The molecule has 0 saturated carbocycles. The van der Waals surface area contributed by atoms with Gasteiger partial charge in [0.05, 0.1) is 6.54 Å². The number of aliphatic carboxylic acids is 1. The topological polar surface area (TPSA) is 102 Å². The van der Waals surface area contributed by atoms with Crippen molar-refractivity contribution in [2.24, 2.45) is 0 Å². The zero-order valence-electron chi connectivity index (χ0n) is 9.75. The number of hydrogen-bond acceptors (Lipinski definition) is 4. The summed E-state index contributed by atoms with van der Waals surface area (Å²) in [6.07, 6.45) is 1.35. The Kier molecular flexibility index (Phi) is 4.44. The summed E-state index contributed by atoms with van der Waals surface area (Å²) in [5.41, 5.74) is 0. The van der Waals surface area contributed by atoms with Gasteiger partial charge in [-0.3, -0.25) is 9.89 Å². The highest BCUT2D eigenvalue weighted by molar-refractivity contribution is 5.79. The lowest BCUT2D eigenvalue weighted by atomic mass is 10.4. The Bertz CT molecular complexity index is 378. The van der Waals surface area contributed by atoms with E-state index in [1.54, 1.807) is 14.0 Å². The van der Waals surface area contributed by atoms with Crippen LogP contribution in [-0.4, -0.2) is 62.2 Å². The van der Waals surface area contributed by atoms with Crippen LogP contribution in [0, 0.1) is 0 Å². The van der Waals surface area contributed by atoms with E-state index >= 15 is 0 Å². The third kappa shape index (κ3) is 3.74. The maximum Gasteiger partial charge on any atom is 0.323 e. The van der Waals surface area contributed by atoms with Gasteiger partial charge in [0, 0.05) is 13.6 Å². The Morgan fingerprint density at radius 1 is 1.53 bits per heavy atom. The second kappa shape index (κ2) is 5.83. The molecule has 1 aromatic rings. The van der Waals surface area contributed by atoms with Crippen LogP contribution in [0.4, 0.5) is 4.79 Å². The minimum atomic E-state index is -1.03. The normalized spacial score (nSPS) is 10.0. The molecular formula is C9H15N5O3. The number of urea groups is 1. The van der Waals surface area contributed by atoms with Gasteiger partial charge >= 0.3 is 12.0 Å². The lowest BCUT2D eigenvalue weighted by Crippen LogP contribution is -2.43. The molecule has 0 saturated heterocycles. The first-order valence-corrected chi connectivity index (χ1v) is 5.10. The molecule has 2 N–H and O–H groups in total. The van der Waals surface area contributed by atoms with Crippen LogP contribution in [0.25, 0.3) is 0 Å². The second-order valence-corrected chi connectivity index (χ2v) is 3.48. The molecule has 0 unspecified atom stereocenters. The first kappa shape index (κ1) is 12.9. The largest absolute Gasteiger partial charge is 0.480 e. The van der Waals surface area contributed by atoms with Crippen molar-refractivity contribution in [3.05, 3.63) is 12.2 Å². The van der Waals surface area contributed by atoms with E-state index in [0.717, 1.165) is 0 Å². The number of hydrogen-bond donors (Lipinski definition) is 2. The Morgan fingerprint density at radius 3 is 2.71 bits per heavy atom. The first-order valence-electron chi connectivity index (χ1n) is 5.10. The van der Waals surface area contributed by atoms with Gasteiger partial charge in [-0.25, -0.2) is 9.78 Å². The molecule has 0 aliphatic heterocycles. The quantitative estimate of drug-likeness (QED) is 0.740. The van der Waals surface area contributed by atoms with Crippen molar-refractivity contribution in [3.63, 3.8) is 0 Å². The number of rotatable bonds is 5. The van der Waals surface area contributed by atoms with Crippen LogP contribution in [-0.2, 0) is 11.3 Å². The van der Waals surface area contributed by atoms with Gasteiger partial charge in [-0.2, -0.15) is 5.10 Å². The summed E-state index contributed by atoms with van der Waals surface area (Å²) in [7, 11) is 1.58. The van der Waals surface area contributed by atoms with Gasteiger partial charge in [0.1, 0.15) is 18.7 Å². The van der Waals surface area contributed by atoms with Crippen LogP contribution >= 0.6 is 0 Å². The van der Waals surface area contributed by atoms with Crippen molar-refractivity contribution < 1.29 is 14.7 Å². The van der Waals surface area contributed by atoms with Crippen molar-refractivity contribution in [2.75, 3.05) is 20.1 Å². The first-order chi connectivity index (χ1) is 8.04. The molecule has 17 heavy (non-hydrogen) atoms. The van der Waals surface area contributed by atoms with Gasteiger partial charge in [-0.1, -0.05) is 0 Å². The van der Waals surface area contributed by atoms with E-state index in [1.807, 2.05) is 0 Å². The number of carboxylic acid groups (broad SMARTS) is 1. The minimum Gasteiger partial charge on any atom is -0.480 e. The molecule has 94 valence electrons. The highest BCUT2D eigenvalue weighted by Gasteiger charge is 2.19. The predicted molar refractivity (Wildman–Crippen MR) is 58.1 cm³/mol. The van der Waals surface area contributed by atoms with Gasteiger partial charge < -0.3 is 14.9 Å². The summed E-state index contributed by atoms with van der Waals surface area (Å²) in [4.78, 5) is 28.9. The summed E-state index contributed by atoms with van der Waals surface area (Å²) >= 11 is 0. The Balaban J connectivity index is 2.57. The average Bonchev–Trinajstić information content (AvgIpc) is 2.77. The SMILES string of the molecule is CCN(CC(=O)O)C(=O)N(C)Cc1ncn[nH]1. The van der Waals surface area contributed by atoms with Crippen LogP contribution < -0.4 is 0 Å². The van der Waals surface area contributed by atoms with E-state index in [0.29, 0.717) is 12.4 Å².